The summed E-state index contributed by atoms with van der Waals surface area (Å²) in [5, 5.41) is 2.43. The highest BCUT2D eigenvalue weighted by Gasteiger charge is 2.02. The predicted octanol–water partition coefficient (Wildman–Crippen LogP) is -0.0897. The number of hydrogen-bond acceptors (Lipinski definition) is 3. The lowest BCUT2D eigenvalue weighted by Gasteiger charge is -2.04. The van der Waals surface area contributed by atoms with E-state index in [2.05, 4.69) is 5.32 Å². The van der Waals surface area contributed by atoms with Crippen molar-refractivity contribution < 1.29 is 14.3 Å². The molecule has 2 amide bonds. The van der Waals surface area contributed by atoms with E-state index >= 15 is 0 Å². The van der Waals surface area contributed by atoms with Crippen molar-refractivity contribution >= 4 is 11.8 Å². The number of hydrogen-bond donors (Lipinski definition) is 2. The normalized spacial score (nSPS) is 9.40. The van der Waals surface area contributed by atoms with Crippen LogP contribution >= 0.6 is 0 Å². The van der Waals surface area contributed by atoms with E-state index in [4.69, 9.17) is 10.5 Å². The van der Waals surface area contributed by atoms with Gasteiger partial charge in [-0.2, -0.15) is 0 Å². The van der Waals surface area contributed by atoms with Crippen LogP contribution in [0, 0.1) is 0 Å². The molecule has 0 aliphatic rings. The lowest BCUT2D eigenvalue weighted by Crippen LogP contribution is -2.24. The molecule has 0 aliphatic carbocycles. The highest BCUT2D eigenvalue weighted by molar-refractivity contribution is 5.92. The molecule has 0 saturated heterocycles. The third kappa shape index (κ3) is 3.30. The van der Waals surface area contributed by atoms with Gasteiger partial charge in [0.2, 0.25) is 5.91 Å². The molecule has 1 rings (SSSR count). The molecule has 5 nitrogen and oxygen atoms in total. The topological polar surface area (TPSA) is 81.4 Å². The fourth-order valence-electron chi connectivity index (χ4n) is 0.936. The third-order valence-electron chi connectivity index (χ3n) is 1.79. The van der Waals surface area contributed by atoms with Crippen molar-refractivity contribution in [1.29, 1.82) is 0 Å². The Morgan fingerprint density at radius 2 is 1.93 bits per heavy atom. The molecule has 1 aromatic carbocycles. The van der Waals surface area contributed by atoms with Gasteiger partial charge in [0.05, 0.1) is 0 Å². The summed E-state index contributed by atoms with van der Waals surface area (Å²) in [6, 6.07) is 6.26. The largest absolute Gasteiger partial charge is 0.484 e. The summed E-state index contributed by atoms with van der Waals surface area (Å²) < 4.78 is 5.13. The summed E-state index contributed by atoms with van der Waals surface area (Å²) in [5.74, 6) is -0.189. The van der Waals surface area contributed by atoms with Gasteiger partial charge in [-0.15, -0.1) is 0 Å². The average Bonchev–Trinajstić information content (AvgIpc) is 2.26. The molecule has 0 unspecified atom stereocenters. The fourth-order valence-corrected chi connectivity index (χ4v) is 0.936. The molecule has 1 aromatic rings. The van der Waals surface area contributed by atoms with Crippen LogP contribution in [0.3, 0.4) is 0 Å². The molecule has 0 saturated carbocycles. The van der Waals surface area contributed by atoms with Crippen LogP contribution in [-0.4, -0.2) is 25.5 Å². The molecular weight excluding hydrogens is 196 g/mol. The number of nitrogens with one attached hydrogen (secondary N) is 1. The molecule has 0 heterocycles. The Bertz CT molecular complexity index is 359. The zero-order valence-corrected chi connectivity index (χ0v) is 8.32. The lowest BCUT2D eigenvalue weighted by atomic mass is 10.2. The summed E-state index contributed by atoms with van der Waals surface area (Å²) in [5.41, 5.74) is 5.47. The Kier molecular flexibility index (Phi) is 3.68. The number of primary amides is 1. The number of rotatable bonds is 4. The Morgan fingerprint density at radius 1 is 1.33 bits per heavy atom. The molecule has 0 bridgehead atoms. The second-order valence-corrected chi connectivity index (χ2v) is 2.85. The predicted molar refractivity (Wildman–Crippen MR) is 54.5 cm³/mol. The minimum atomic E-state index is -0.493. The Balaban J connectivity index is 2.57. The Hall–Kier alpha value is -2.04. The highest BCUT2D eigenvalue weighted by Crippen LogP contribution is 2.11. The fraction of sp³-hybridized carbons (Fsp3) is 0.200. The minimum Gasteiger partial charge on any atom is -0.484 e. The number of carbonyl (C=O) groups is 2. The van der Waals surface area contributed by atoms with Gasteiger partial charge < -0.3 is 15.8 Å². The minimum absolute atomic E-state index is 0.0492. The van der Waals surface area contributed by atoms with E-state index in [9.17, 15) is 9.59 Å². The first-order valence-electron chi connectivity index (χ1n) is 4.36. The second-order valence-electron chi connectivity index (χ2n) is 2.85. The van der Waals surface area contributed by atoms with Gasteiger partial charge in [-0.25, -0.2) is 0 Å². The first-order chi connectivity index (χ1) is 7.13. The van der Waals surface area contributed by atoms with E-state index in [1.165, 1.54) is 7.05 Å². The van der Waals surface area contributed by atoms with Crippen LogP contribution in [0.4, 0.5) is 0 Å². The number of benzene rings is 1. The number of nitrogens with two attached hydrogens (primary N) is 1. The number of likely N-dealkylation sites (N-methyl/N-ethyl adjacent to an activating group) is 1. The zero-order chi connectivity index (χ0) is 11.3. The average molecular weight is 208 g/mol. The van der Waals surface area contributed by atoms with Crippen molar-refractivity contribution in [3.8, 4) is 5.75 Å². The van der Waals surface area contributed by atoms with Gasteiger partial charge in [-0.1, -0.05) is 0 Å². The van der Waals surface area contributed by atoms with Crippen LogP contribution in [0.5, 0.6) is 5.75 Å². The first-order valence-corrected chi connectivity index (χ1v) is 4.36. The van der Waals surface area contributed by atoms with Gasteiger partial charge >= 0.3 is 0 Å². The van der Waals surface area contributed by atoms with Crippen LogP contribution in [0.2, 0.25) is 0 Å². The maximum absolute atomic E-state index is 10.9. The van der Waals surface area contributed by atoms with Crippen LogP contribution in [0.15, 0.2) is 24.3 Å². The van der Waals surface area contributed by atoms with Crippen molar-refractivity contribution in [2.75, 3.05) is 13.7 Å². The van der Waals surface area contributed by atoms with Crippen LogP contribution in [0.1, 0.15) is 10.4 Å². The number of carbonyl (C=O) groups excluding carboxylic acids is 2. The van der Waals surface area contributed by atoms with Crippen molar-refractivity contribution in [3.05, 3.63) is 29.8 Å². The molecule has 0 spiro atoms. The Morgan fingerprint density at radius 3 is 2.40 bits per heavy atom. The van der Waals surface area contributed by atoms with E-state index < -0.39 is 5.91 Å². The summed E-state index contributed by atoms with van der Waals surface area (Å²) in [7, 11) is 1.53. The van der Waals surface area contributed by atoms with Crippen LogP contribution in [-0.2, 0) is 4.79 Å². The number of amides is 2. The van der Waals surface area contributed by atoms with Gasteiger partial charge in [-0.3, -0.25) is 9.59 Å². The Labute approximate surface area is 87.2 Å². The molecule has 80 valence electrons. The van der Waals surface area contributed by atoms with Crippen LogP contribution < -0.4 is 15.8 Å². The molecule has 0 fully saturated rings. The van der Waals surface area contributed by atoms with E-state index in [0.29, 0.717) is 11.3 Å². The quantitative estimate of drug-likeness (QED) is 0.725. The van der Waals surface area contributed by atoms with Gasteiger partial charge in [0.25, 0.3) is 5.91 Å². The van der Waals surface area contributed by atoms with Crippen molar-refractivity contribution in [2.45, 2.75) is 0 Å². The molecule has 5 heteroatoms. The highest BCUT2D eigenvalue weighted by atomic mass is 16.5. The van der Waals surface area contributed by atoms with E-state index in [1.54, 1.807) is 24.3 Å². The summed E-state index contributed by atoms with van der Waals surface area (Å²) >= 11 is 0. The molecule has 0 aliphatic heterocycles. The van der Waals surface area contributed by atoms with Gasteiger partial charge in [0.1, 0.15) is 5.75 Å². The van der Waals surface area contributed by atoms with Crippen molar-refractivity contribution in [3.63, 3.8) is 0 Å². The van der Waals surface area contributed by atoms with E-state index in [1.807, 2.05) is 0 Å². The van der Waals surface area contributed by atoms with Gasteiger partial charge in [-0.05, 0) is 24.3 Å². The summed E-state index contributed by atoms with van der Waals surface area (Å²) in [6.45, 7) is -0.0492. The third-order valence-corrected chi connectivity index (χ3v) is 1.79. The van der Waals surface area contributed by atoms with Crippen LogP contribution in [0.25, 0.3) is 0 Å². The zero-order valence-electron chi connectivity index (χ0n) is 8.32. The smallest absolute Gasteiger partial charge is 0.257 e. The first kappa shape index (κ1) is 11.0. The van der Waals surface area contributed by atoms with Crippen molar-refractivity contribution in [2.24, 2.45) is 5.73 Å². The number of ether oxygens (including phenoxy) is 1. The van der Waals surface area contributed by atoms with Crippen molar-refractivity contribution in [1.82, 2.24) is 5.32 Å². The maximum Gasteiger partial charge on any atom is 0.257 e. The van der Waals surface area contributed by atoms with E-state index in [0.717, 1.165) is 0 Å². The summed E-state index contributed by atoms with van der Waals surface area (Å²) in [6.07, 6.45) is 0. The SMILES string of the molecule is CNC(=O)COc1ccc(C(N)=O)cc1. The lowest BCUT2D eigenvalue weighted by molar-refractivity contribution is -0.122. The maximum atomic E-state index is 10.9. The molecule has 0 aromatic heterocycles. The summed E-state index contributed by atoms with van der Waals surface area (Å²) in [4.78, 5) is 21.6. The second kappa shape index (κ2) is 4.99. The molecular formula is C10H12N2O3. The van der Waals surface area contributed by atoms with E-state index in [-0.39, 0.29) is 12.5 Å². The molecule has 0 atom stereocenters. The van der Waals surface area contributed by atoms with Gasteiger partial charge in [0.15, 0.2) is 6.61 Å². The molecule has 15 heavy (non-hydrogen) atoms. The van der Waals surface area contributed by atoms with Gasteiger partial charge in [0, 0.05) is 12.6 Å². The standard InChI is InChI=1S/C10H12N2O3/c1-12-9(13)6-15-8-4-2-7(3-5-8)10(11)14/h2-5H,6H2,1H3,(H2,11,14)(H,12,13). The molecule has 0 radical (unpaired) electrons. The monoisotopic (exact) mass is 208 g/mol. The molecule has 3 N–H and O–H groups in total.